The van der Waals surface area contributed by atoms with Gasteiger partial charge in [0.2, 0.25) is 5.91 Å². The number of aliphatic hydroxyl groups is 1. The fraction of sp³-hybridized carbons (Fsp3) is 0.875. The lowest BCUT2D eigenvalue weighted by atomic mass is 9.80. The first-order valence-electron chi connectivity index (χ1n) is 8.26. The quantitative estimate of drug-likeness (QED) is 0.798. The summed E-state index contributed by atoms with van der Waals surface area (Å²) < 4.78 is 0. The number of rotatable bonds is 3. The summed E-state index contributed by atoms with van der Waals surface area (Å²) in [6, 6.07) is 2.37. The molecule has 0 aromatic heterocycles. The smallest absolute Gasteiger partial charge is 0.243 e. The third-order valence-corrected chi connectivity index (χ3v) is 4.87. The summed E-state index contributed by atoms with van der Waals surface area (Å²) in [4.78, 5) is 17.0. The molecule has 0 spiro atoms. The van der Waals surface area contributed by atoms with Gasteiger partial charge in [-0.1, -0.05) is 25.7 Å². The second-order valence-corrected chi connectivity index (χ2v) is 6.32. The molecule has 21 heavy (non-hydrogen) atoms. The van der Waals surface area contributed by atoms with Gasteiger partial charge in [-0.2, -0.15) is 5.26 Å². The molecule has 1 saturated carbocycles. The van der Waals surface area contributed by atoms with Crippen LogP contribution >= 0.6 is 0 Å². The van der Waals surface area contributed by atoms with E-state index in [-0.39, 0.29) is 12.5 Å². The Kier molecular flexibility index (Phi) is 6.01. The van der Waals surface area contributed by atoms with E-state index in [0.29, 0.717) is 13.1 Å². The van der Waals surface area contributed by atoms with Gasteiger partial charge < -0.3 is 10.0 Å². The Hall–Kier alpha value is -1.12. The Morgan fingerprint density at radius 3 is 2.38 bits per heavy atom. The summed E-state index contributed by atoms with van der Waals surface area (Å²) >= 11 is 0. The lowest BCUT2D eigenvalue weighted by molar-refractivity contribution is -0.139. The zero-order valence-corrected chi connectivity index (χ0v) is 12.9. The van der Waals surface area contributed by atoms with Crippen molar-refractivity contribution in [3.05, 3.63) is 0 Å². The SMILES string of the molecule is N#CC1(C(=O)N2CCCN(CCO)CC2)CCCCCC1. The maximum atomic E-state index is 12.9. The van der Waals surface area contributed by atoms with Crippen LogP contribution in [0.25, 0.3) is 0 Å². The van der Waals surface area contributed by atoms with Crippen molar-refractivity contribution in [3.63, 3.8) is 0 Å². The minimum atomic E-state index is -0.775. The van der Waals surface area contributed by atoms with Crippen LogP contribution in [0, 0.1) is 16.7 Å². The molecule has 0 atom stereocenters. The fourth-order valence-corrected chi connectivity index (χ4v) is 3.55. The molecular weight excluding hydrogens is 266 g/mol. The van der Waals surface area contributed by atoms with Crippen molar-refractivity contribution >= 4 is 5.91 Å². The fourth-order valence-electron chi connectivity index (χ4n) is 3.55. The van der Waals surface area contributed by atoms with Crippen molar-refractivity contribution in [3.8, 4) is 6.07 Å². The first-order chi connectivity index (χ1) is 10.2. The molecule has 1 N–H and O–H groups in total. The number of aliphatic hydroxyl groups excluding tert-OH is 1. The normalized spacial score (nSPS) is 23.9. The van der Waals surface area contributed by atoms with Crippen molar-refractivity contribution in [2.75, 3.05) is 39.3 Å². The highest BCUT2D eigenvalue weighted by Crippen LogP contribution is 2.36. The molecule has 1 aliphatic heterocycles. The predicted octanol–water partition coefficient (Wildman–Crippen LogP) is 1.38. The third kappa shape index (κ3) is 3.96. The van der Waals surface area contributed by atoms with Crippen LogP contribution < -0.4 is 0 Å². The molecule has 0 aromatic carbocycles. The maximum Gasteiger partial charge on any atom is 0.243 e. The van der Waals surface area contributed by atoms with Crippen molar-refractivity contribution < 1.29 is 9.90 Å². The summed E-state index contributed by atoms with van der Waals surface area (Å²) in [6.07, 6.45) is 6.63. The Morgan fingerprint density at radius 1 is 1.05 bits per heavy atom. The molecule has 1 heterocycles. The van der Waals surface area contributed by atoms with E-state index in [4.69, 9.17) is 5.11 Å². The number of hydrogen-bond donors (Lipinski definition) is 1. The molecule has 118 valence electrons. The highest BCUT2D eigenvalue weighted by atomic mass is 16.3. The van der Waals surface area contributed by atoms with Crippen molar-refractivity contribution in [1.82, 2.24) is 9.80 Å². The van der Waals surface area contributed by atoms with Gasteiger partial charge in [-0.3, -0.25) is 9.69 Å². The minimum Gasteiger partial charge on any atom is -0.395 e. The Morgan fingerprint density at radius 2 is 1.76 bits per heavy atom. The van der Waals surface area contributed by atoms with Crippen LogP contribution in [-0.4, -0.2) is 60.1 Å². The van der Waals surface area contributed by atoms with E-state index in [1.165, 1.54) is 0 Å². The van der Waals surface area contributed by atoms with Gasteiger partial charge in [0.25, 0.3) is 0 Å². The summed E-state index contributed by atoms with van der Waals surface area (Å²) in [6.45, 7) is 3.98. The lowest BCUT2D eigenvalue weighted by Crippen LogP contribution is -2.45. The molecule has 1 saturated heterocycles. The summed E-state index contributed by atoms with van der Waals surface area (Å²) in [5, 5.41) is 18.7. The number of carbonyl (C=O) groups is 1. The van der Waals surface area contributed by atoms with Crippen molar-refractivity contribution in [2.45, 2.75) is 44.9 Å². The van der Waals surface area contributed by atoms with E-state index in [2.05, 4.69) is 11.0 Å². The highest BCUT2D eigenvalue weighted by Gasteiger charge is 2.41. The largest absolute Gasteiger partial charge is 0.395 e. The molecule has 0 bridgehead atoms. The first-order valence-corrected chi connectivity index (χ1v) is 8.26. The molecule has 5 heteroatoms. The van der Waals surface area contributed by atoms with Crippen LogP contribution in [0.4, 0.5) is 0 Å². The molecule has 5 nitrogen and oxygen atoms in total. The Bertz CT molecular complexity index is 383. The molecule has 0 aromatic rings. The highest BCUT2D eigenvalue weighted by molar-refractivity contribution is 5.85. The zero-order valence-electron chi connectivity index (χ0n) is 12.9. The van der Waals surface area contributed by atoms with Gasteiger partial charge in [0.05, 0.1) is 12.7 Å². The second kappa shape index (κ2) is 7.77. The van der Waals surface area contributed by atoms with E-state index in [0.717, 1.165) is 64.6 Å². The minimum absolute atomic E-state index is 0.0535. The van der Waals surface area contributed by atoms with Gasteiger partial charge in [-0.15, -0.1) is 0 Å². The number of amides is 1. The van der Waals surface area contributed by atoms with Crippen LogP contribution in [0.1, 0.15) is 44.9 Å². The molecule has 0 radical (unpaired) electrons. The van der Waals surface area contributed by atoms with E-state index in [9.17, 15) is 10.1 Å². The van der Waals surface area contributed by atoms with Crippen molar-refractivity contribution in [1.29, 1.82) is 5.26 Å². The lowest BCUT2D eigenvalue weighted by Gasteiger charge is -2.31. The number of hydrogen-bond acceptors (Lipinski definition) is 4. The maximum absolute atomic E-state index is 12.9. The summed E-state index contributed by atoms with van der Waals surface area (Å²) in [5.74, 6) is 0.0535. The molecule has 0 unspecified atom stereocenters. The number of carbonyl (C=O) groups excluding carboxylic acids is 1. The van der Waals surface area contributed by atoms with Gasteiger partial charge in [0.15, 0.2) is 0 Å². The molecule has 1 aliphatic carbocycles. The second-order valence-electron chi connectivity index (χ2n) is 6.32. The van der Waals surface area contributed by atoms with Crippen LogP contribution in [-0.2, 0) is 4.79 Å². The average molecular weight is 293 g/mol. The molecule has 1 amide bonds. The average Bonchev–Trinajstić information content (AvgIpc) is 2.88. The third-order valence-electron chi connectivity index (χ3n) is 4.87. The molecule has 2 aliphatic rings. The van der Waals surface area contributed by atoms with Gasteiger partial charge in [0, 0.05) is 26.2 Å². The standard InChI is InChI=1S/C16H27N3O2/c17-14-16(6-3-1-2-4-7-16)15(21)19-9-5-8-18(10-11-19)12-13-20/h20H,1-13H2. The number of β-amino-alcohol motifs (C(OH)–C–C–N with tert-alkyl or cyclic N) is 1. The van der Waals surface area contributed by atoms with Crippen LogP contribution in [0.15, 0.2) is 0 Å². The van der Waals surface area contributed by atoms with Crippen molar-refractivity contribution in [2.24, 2.45) is 5.41 Å². The van der Waals surface area contributed by atoms with Gasteiger partial charge in [-0.25, -0.2) is 0 Å². The molecular formula is C16H27N3O2. The summed E-state index contributed by atoms with van der Waals surface area (Å²) in [7, 11) is 0. The van der Waals surface area contributed by atoms with Crippen LogP contribution in [0.3, 0.4) is 0 Å². The number of nitriles is 1. The van der Waals surface area contributed by atoms with Gasteiger partial charge >= 0.3 is 0 Å². The van der Waals surface area contributed by atoms with Gasteiger partial charge in [-0.05, 0) is 25.8 Å². The van der Waals surface area contributed by atoms with E-state index >= 15 is 0 Å². The molecule has 2 rings (SSSR count). The Balaban J connectivity index is 2.02. The zero-order chi connectivity index (χ0) is 15.1. The Labute approximate surface area is 127 Å². The van der Waals surface area contributed by atoms with E-state index in [1.54, 1.807) is 0 Å². The topological polar surface area (TPSA) is 67.6 Å². The monoisotopic (exact) mass is 293 g/mol. The number of nitrogens with zero attached hydrogens (tertiary/aromatic N) is 3. The van der Waals surface area contributed by atoms with Crippen LogP contribution in [0.2, 0.25) is 0 Å². The first kappa shape index (κ1) is 16.3. The molecule has 2 fully saturated rings. The van der Waals surface area contributed by atoms with E-state index < -0.39 is 5.41 Å². The van der Waals surface area contributed by atoms with Gasteiger partial charge in [0.1, 0.15) is 5.41 Å². The summed E-state index contributed by atoms with van der Waals surface area (Å²) in [5.41, 5.74) is -0.775. The van der Waals surface area contributed by atoms with Crippen LogP contribution in [0.5, 0.6) is 0 Å². The van der Waals surface area contributed by atoms with E-state index in [1.807, 2.05) is 4.90 Å². The predicted molar refractivity (Wildman–Crippen MR) is 80.5 cm³/mol.